The van der Waals surface area contributed by atoms with Gasteiger partial charge in [0.15, 0.2) is 5.82 Å². The number of hydrogen-bond acceptors (Lipinski definition) is 5. The molecule has 0 spiro atoms. The van der Waals surface area contributed by atoms with Gasteiger partial charge < -0.3 is 16.2 Å². The summed E-state index contributed by atoms with van der Waals surface area (Å²) < 4.78 is 5.67. The summed E-state index contributed by atoms with van der Waals surface area (Å²) in [6.07, 6.45) is 5.24. The van der Waals surface area contributed by atoms with E-state index in [1.807, 2.05) is 0 Å². The summed E-state index contributed by atoms with van der Waals surface area (Å²) in [5.74, 6) is 0.732. The third-order valence-corrected chi connectivity index (χ3v) is 3.96. The number of primary amides is 1. The van der Waals surface area contributed by atoms with E-state index in [9.17, 15) is 4.79 Å². The molecule has 1 amide bonds. The molecule has 104 valence electrons. The largest absolute Gasteiger partial charge is 0.383 e. The summed E-state index contributed by atoms with van der Waals surface area (Å²) in [4.78, 5) is 19.6. The van der Waals surface area contributed by atoms with E-state index in [0.29, 0.717) is 11.7 Å². The Hall–Kier alpha value is -1.69. The Morgan fingerprint density at radius 3 is 2.58 bits per heavy atom. The molecule has 6 heteroatoms. The maximum absolute atomic E-state index is 11.1. The van der Waals surface area contributed by atoms with E-state index >= 15 is 0 Å². The maximum Gasteiger partial charge on any atom is 0.254 e. The Morgan fingerprint density at radius 1 is 1.47 bits per heavy atom. The van der Waals surface area contributed by atoms with Crippen molar-refractivity contribution in [1.29, 1.82) is 0 Å². The Morgan fingerprint density at radius 2 is 2.11 bits per heavy atom. The zero-order valence-corrected chi connectivity index (χ0v) is 11.3. The third kappa shape index (κ3) is 2.53. The van der Waals surface area contributed by atoms with Crippen LogP contribution in [-0.4, -0.2) is 23.0 Å². The van der Waals surface area contributed by atoms with E-state index in [-0.39, 0.29) is 11.4 Å². The van der Waals surface area contributed by atoms with Gasteiger partial charge in [-0.3, -0.25) is 4.79 Å². The lowest BCUT2D eigenvalue weighted by molar-refractivity contribution is -0.0596. The van der Waals surface area contributed by atoms with Crippen molar-refractivity contribution in [3.8, 4) is 0 Å². The molecule has 1 aliphatic carbocycles. The van der Waals surface area contributed by atoms with Gasteiger partial charge in [-0.05, 0) is 31.6 Å². The van der Waals surface area contributed by atoms with Gasteiger partial charge in [-0.2, -0.15) is 0 Å². The fourth-order valence-electron chi connectivity index (χ4n) is 2.55. The molecule has 0 aliphatic heterocycles. The van der Waals surface area contributed by atoms with Crippen LogP contribution in [0.15, 0.2) is 6.20 Å². The number of nitrogens with two attached hydrogens (primary N) is 2. The van der Waals surface area contributed by atoms with Crippen LogP contribution in [-0.2, 0) is 10.3 Å². The predicted molar refractivity (Wildman–Crippen MR) is 71.3 cm³/mol. The SMILES string of the molecule is COC1(c2ncc(C(N)=O)c(N)n2)CCC(C)CC1. The Balaban J connectivity index is 2.34. The molecular weight excluding hydrogens is 244 g/mol. The van der Waals surface area contributed by atoms with Crippen molar-refractivity contribution in [3.05, 3.63) is 17.6 Å². The van der Waals surface area contributed by atoms with Crippen LogP contribution in [0.5, 0.6) is 0 Å². The van der Waals surface area contributed by atoms with Crippen LogP contribution in [0, 0.1) is 5.92 Å². The number of ether oxygens (including phenoxy) is 1. The molecule has 0 saturated heterocycles. The van der Waals surface area contributed by atoms with Crippen LogP contribution in [0.4, 0.5) is 5.82 Å². The van der Waals surface area contributed by atoms with E-state index in [2.05, 4.69) is 16.9 Å². The number of amides is 1. The second-order valence-corrected chi connectivity index (χ2v) is 5.24. The fraction of sp³-hybridized carbons (Fsp3) is 0.615. The van der Waals surface area contributed by atoms with Crippen molar-refractivity contribution in [1.82, 2.24) is 9.97 Å². The first-order valence-corrected chi connectivity index (χ1v) is 6.46. The Labute approximate surface area is 112 Å². The molecule has 6 nitrogen and oxygen atoms in total. The highest BCUT2D eigenvalue weighted by molar-refractivity contribution is 5.96. The lowest BCUT2D eigenvalue weighted by Gasteiger charge is -2.36. The number of nitrogen functional groups attached to an aromatic ring is 1. The van der Waals surface area contributed by atoms with Crippen LogP contribution >= 0.6 is 0 Å². The van der Waals surface area contributed by atoms with Crippen molar-refractivity contribution in [2.45, 2.75) is 38.2 Å². The van der Waals surface area contributed by atoms with Gasteiger partial charge in [0, 0.05) is 13.3 Å². The standard InChI is InChI=1S/C13H20N4O2/c1-8-3-5-13(19-2,6-4-8)12-16-7-9(11(15)18)10(14)17-12/h7-8H,3-6H2,1-2H3,(H2,15,18)(H2,14,16,17). The molecule has 0 unspecified atom stereocenters. The highest BCUT2D eigenvalue weighted by Crippen LogP contribution is 2.40. The lowest BCUT2D eigenvalue weighted by atomic mass is 9.79. The highest BCUT2D eigenvalue weighted by atomic mass is 16.5. The van der Waals surface area contributed by atoms with Crippen molar-refractivity contribution in [3.63, 3.8) is 0 Å². The summed E-state index contributed by atoms with van der Waals surface area (Å²) in [5, 5.41) is 0. The number of aromatic nitrogens is 2. The monoisotopic (exact) mass is 264 g/mol. The zero-order chi connectivity index (χ0) is 14.0. The maximum atomic E-state index is 11.1. The summed E-state index contributed by atoms with van der Waals surface area (Å²) in [7, 11) is 1.66. The van der Waals surface area contributed by atoms with E-state index in [0.717, 1.165) is 25.7 Å². The molecule has 0 aromatic carbocycles. The van der Waals surface area contributed by atoms with Gasteiger partial charge in [0.25, 0.3) is 5.91 Å². The molecule has 4 N–H and O–H groups in total. The molecule has 1 aromatic rings. The molecule has 1 fully saturated rings. The van der Waals surface area contributed by atoms with Gasteiger partial charge >= 0.3 is 0 Å². The van der Waals surface area contributed by atoms with Crippen molar-refractivity contribution >= 4 is 11.7 Å². The number of nitrogens with zero attached hydrogens (tertiary/aromatic N) is 2. The average molecular weight is 264 g/mol. The molecule has 1 aliphatic rings. The van der Waals surface area contributed by atoms with Crippen LogP contribution in [0.2, 0.25) is 0 Å². The Kier molecular flexibility index (Phi) is 3.71. The topological polar surface area (TPSA) is 104 Å². The summed E-state index contributed by atoms with van der Waals surface area (Å²) in [6.45, 7) is 2.23. The van der Waals surface area contributed by atoms with E-state index in [4.69, 9.17) is 16.2 Å². The zero-order valence-electron chi connectivity index (χ0n) is 11.3. The minimum absolute atomic E-state index is 0.118. The van der Waals surface area contributed by atoms with Gasteiger partial charge in [-0.25, -0.2) is 9.97 Å². The molecule has 19 heavy (non-hydrogen) atoms. The Bertz CT molecular complexity index is 482. The number of carbonyl (C=O) groups excluding carboxylic acids is 1. The molecule has 2 rings (SSSR count). The molecular formula is C13H20N4O2. The molecule has 0 atom stereocenters. The molecule has 1 heterocycles. The van der Waals surface area contributed by atoms with Crippen molar-refractivity contribution < 1.29 is 9.53 Å². The molecule has 0 bridgehead atoms. The first kappa shape index (κ1) is 13.7. The van der Waals surface area contributed by atoms with Crippen LogP contribution < -0.4 is 11.5 Å². The second-order valence-electron chi connectivity index (χ2n) is 5.24. The first-order chi connectivity index (χ1) is 8.98. The van der Waals surface area contributed by atoms with Gasteiger partial charge in [-0.15, -0.1) is 0 Å². The van der Waals surface area contributed by atoms with E-state index < -0.39 is 11.5 Å². The second kappa shape index (κ2) is 5.13. The van der Waals surface area contributed by atoms with Crippen molar-refractivity contribution in [2.75, 3.05) is 12.8 Å². The van der Waals surface area contributed by atoms with Crippen LogP contribution in [0.3, 0.4) is 0 Å². The van der Waals surface area contributed by atoms with Crippen LogP contribution in [0.25, 0.3) is 0 Å². The van der Waals surface area contributed by atoms with Gasteiger partial charge in [0.2, 0.25) is 0 Å². The predicted octanol–water partition coefficient (Wildman–Crippen LogP) is 1.21. The molecule has 0 radical (unpaired) electrons. The number of methoxy groups -OCH3 is 1. The van der Waals surface area contributed by atoms with E-state index in [1.165, 1.54) is 6.20 Å². The molecule has 1 saturated carbocycles. The first-order valence-electron chi connectivity index (χ1n) is 6.46. The average Bonchev–Trinajstić information content (AvgIpc) is 2.39. The summed E-state index contributed by atoms with van der Waals surface area (Å²) >= 11 is 0. The number of carbonyl (C=O) groups is 1. The van der Waals surface area contributed by atoms with Crippen molar-refractivity contribution in [2.24, 2.45) is 11.7 Å². The normalized spacial score (nSPS) is 27.2. The minimum atomic E-state index is -0.618. The summed E-state index contributed by atoms with van der Waals surface area (Å²) in [5.41, 5.74) is 10.6. The van der Waals surface area contributed by atoms with Gasteiger partial charge in [0.05, 0.1) is 5.56 Å². The number of rotatable bonds is 3. The number of anilines is 1. The summed E-state index contributed by atoms with van der Waals surface area (Å²) in [6, 6.07) is 0. The van der Waals surface area contributed by atoms with Crippen LogP contribution in [0.1, 0.15) is 48.8 Å². The van der Waals surface area contributed by atoms with E-state index in [1.54, 1.807) is 7.11 Å². The fourth-order valence-corrected chi connectivity index (χ4v) is 2.55. The quantitative estimate of drug-likeness (QED) is 0.853. The minimum Gasteiger partial charge on any atom is -0.383 e. The lowest BCUT2D eigenvalue weighted by Crippen LogP contribution is -2.35. The molecule has 1 aromatic heterocycles. The van der Waals surface area contributed by atoms with Gasteiger partial charge in [-0.1, -0.05) is 6.92 Å². The smallest absolute Gasteiger partial charge is 0.254 e. The third-order valence-electron chi connectivity index (χ3n) is 3.96. The van der Waals surface area contributed by atoms with Gasteiger partial charge in [0.1, 0.15) is 11.4 Å². The number of hydrogen-bond donors (Lipinski definition) is 2. The highest BCUT2D eigenvalue weighted by Gasteiger charge is 2.39.